The molecule has 0 aliphatic carbocycles. The Kier molecular flexibility index (Phi) is 3.50. The highest BCUT2D eigenvalue weighted by Gasteiger charge is 2.19. The van der Waals surface area contributed by atoms with Gasteiger partial charge in [-0.25, -0.2) is 4.39 Å². The van der Waals surface area contributed by atoms with Crippen LogP contribution in [0.15, 0.2) is 27.0 Å². The van der Waals surface area contributed by atoms with Crippen LogP contribution in [0.5, 0.6) is 0 Å². The molecule has 0 atom stereocenters. The monoisotopic (exact) mass is 352 g/mol. The number of halogens is 2. The zero-order valence-corrected chi connectivity index (χ0v) is 11.8. The summed E-state index contributed by atoms with van der Waals surface area (Å²) in [6.07, 6.45) is 0. The lowest BCUT2D eigenvalue weighted by Gasteiger charge is -2.05. The van der Waals surface area contributed by atoms with Crippen LogP contribution in [0.1, 0.15) is 0 Å². The lowest BCUT2D eigenvalue weighted by Crippen LogP contribution is -2.12. The van der Waals surface area contributed by atoms with Crippen LogP contribution in [0.3, 0.4) is 0 Å². The summed E-state index contributed by atoms with van der Waals surface area (Å²) in [4.78, 5) is 0. The van der Waals surface area contributed by atoms with Crippen LogP contribution in [0, 0.1) is 5.82 Å². The van der Waals surface area contributed by atoms with Crippen molar-refractivity contribution in [3.8, 4) is 0 Å². The number of nitrogens with zero attached hydrogens (tertiary/aromatic N) is 2. The third-order valence-electron chi connectivity index (χ3n) is 1.82. The molecule has 0 amide bonds. The van der Waals surface area contributed by atoms with E-state index in [-0.39, 0.29) is 19.6 Å². The predicted molar refractivity (Wildman–Crippen MR) is 69.2 cm³/mol. The number of rotatable bonds is 3. The van der Waals surface area contributed by atoms with Gasteiger partial charge in [-0.3, -0.25) is 4.72 Å². The summed E-state index contributed by atoms with van der Waals surface area (Å²) in [6.45, 7) is 0. The Labute approximate surface area is 114 Å². The molecule has 2 rings (SSSR count). The fourth-order valence-corrected chi connectivity index (χ4v) is 3.30. The molecule has 1 heterocycles. The molecule has 2 aromatic rings. The molecule has 1 aromatic carbocycles. The first-order valence-corrected chi connectivity index (χ1v) is 7.54. The number of nitrogen functional groups attached to an aromatic ring is 1. The summed E-state index contributed by atoms with van der Waals surface area (Å²) in [5.41, 5.74) is 5.51. The molecule has 0 aliphatic rings. The molecular formula is C8H6BrFN4O2S2. The Morgan fingerprint density at radius 3 is 2.67 bits per heavy atom. The first kappa shape index (κ1) is 13.2. The van der Waals surface area contributed by atoms with E-state index in [0.29, 0.717) is 0 Å². The van der Waals surface area contributed by atoms with Gasteiger partial charge < -0.3 is 5.73 Å². The zero-order chi connectivity index (χ0) is 13.3. The Bertz CT molecular complexity index is 688. The maximum Gasteiger partial charge on any atom is 0.291 e. The number of aromatic nitrogens is 2. The van der Waals surface area contributed by atoms with E-state index in [4.69, 9.17) is 5.73 Å². The zero-order valence-electron chi connectivity index (χ0n) is 8.59. The van der Waals surface area contributed by atoms with Crippen LogP contribution in [-0.4, -0.2) is 18.6 Å². The van der Waals surface area contributed by atoms with Crippen molar-refractivity contribution in [2.24, 2.45) is 0 Å². The topological polar surface area (TPSA) is 98.0 Å². The van der Waals surface area contributed by atoms with E-state index >= 15 is 0 Å². The molecule has 3 N–H and O–H groups in total. The van der Waals surface area contributed by atoms with Crippen LogP contribution in [0.25, 0.3) is 0 Å². The Balaban J connectivity index is 2.30. The SMILES string of the molecule is Nc1nnc(S(=O)(=O)Nc2ccc(F)c(Br)c2)s1. The van der Waals surface area contributed by atoms with Gasteiger partial charge in [-0.15, -0.1) is 10.2 Å². The van der Waals surface area contributed by atoms with Gasteiger partial charge in [-0.05, 0) is 34.1 Å². The van der Waals surface area contributed by atoms with Crippen molar-refractivity contribution in [1.82, 2.24) is 10.2 Å². The van der Waals surface area contributed by atoms with E-state index in [1.807, 2.05) is 0 Å². The smallest absolute Gasteiger partial charge is 0.291 e. The number of nitrogens with one attached hydrogen (secondary N) is 1. The highest BCUT2D eigenvalue weighted by atomic mass is 79.9. The molecule has 0 radical (unpaired) electrons. The second-order valence-corrected chi connectivity index (χ2v) is 6.86. The fourth-order valence-electron chi connectivity index (χ4n) is 1.09. The summed E-state index contributed by atoms with van der Waals surface area (Å²) in [5.74, 6) is -0.488. The first-order chi connectivity index (χ1) is 8.38. The quantitative estimate of drug-likeness (QED) is 0.877. The van der Waals surface area contributed by atoms with Crippen molar-refractivity contribution in [3.63, 3.8) is 0 Å². The minimum absolute atomic E-state index is 0.0515. The average Bonchev–Trinajstić information content (AvgIpc) is 2.71. The largest absolute Gasteiger partial charge is 0.374 e. The van der Waals surface area contributed by atoms with Gasteiger partial charge in [0.25, 0.3) is 14.4 Å². The number of benzene rings is 1. The van der Waals surface area contributed by atoms with E-state index < -0.39 is 15.8 Å². The summed E-state index contributed by atoms with van der Waals surface area (Å²) >= 11 is 3.70. The first-order valence-electron chi connectivity index (χ1n) is 4.45. The van der Waals surface area contributed by atoms with E-state index in [1.165, 1.54) is 12.1 Å². The van der Waals surface area contributed by atoms with Crippen molar-refractivity contribution in [2.45, 2.75) is 4.34 Å². The second-order valence-electron chi connectivity index (χ2n) is 3.14. The van der Waals surface area contributed by atoms with Crippen LogP contribution in [-0.2, 0) is 10.0 Å². The standard InChI is InChI=1S/C8H6BrFN4O2S2/c9-5-3-4(1-2-6(5)10)14-18(15,16)8-13-12-7(11)17-8/h1-3,14H,(H2,11,12). The normalized spacial score (nSPS) is 11.4. The van der Waals surface area contributed by atoms with Crippen LogP contribution in [0.2, 0.25) is 0 Å². The highest BCUT2D eigenvalue weighted by molar-refractivity contribution is 9.10. The van der Waals surface area contributed by atoms with Gasteiger partial charge in [0.05, 0.1) is 10.2 Å². The minimum Gasteiger partial charge on any atom is -0.374 e. The van der Waals surface area contributed by atoms with E-state index in [9.17, 15) is 12.8 Å². The third-order valence-corrected chi connectivity index (χ3v) is 4.93. The third kappa shape index (κ3) is 2.76. The van der Waals surface area contributed by atoms with Crippen LogP contribution >= 0.6 is 27.3 Å². The van der Waals surface area contributed by atoms with Gasteiger partial charge in [-0.1, -0.05) is 11.3 Å². The molecule has 0 aliphatic heterocycles. The molecule has 0 bridgehead atoms. The minimum atomic E-state index is -3.85. The van der Waals surface area contributed by atoms with Crippen molar-refractivity contribution in [1.29, 1.82) is 0 Å². The fraction of sp³-hybridized carbons (Fsp3) is 0. The number of hydrogen-bond donors (Lipinski definition) is 2. The molecule has 1 aromatic heterocycles. The van der Waals surface area contributed by atoms with E-state index in [2.05, 4.69) is 30.8 Å². The highest BCUT2D eigenvalue weighted by Crippen LogP contribution is 2.24. The van der Waals surface area contributed by atoms with Crippen molar-refractivity contribution in [2.75, 3.05) is 10.5 Å². The van der Waals surface area contributed by atoms with Gasteiger partial charge >= 0.3 is 0 Å². The average molecular weight is 353 g/mol. The summed E-state index contributed by atoms with van der Waals surface area (Å²) in [7, 11) is -3.85. The maximum atomic E-state index is 13.0. The lowest BCUT2D eigenvalue weighted by atomic mass is 10.3. The summed E-state index contributed by atoms with van der Waals surface area (Å²) in [6, 6.07) is 3.73. The molecule has 0 saturated carbocycles. The molecule has 0 unspecified atom stereocenters. The molecular weight excluding hydrogens is 347 g/mol. The van der Waals surface area contributed by atoms with Crippen molar-refractivity contribution in [3.05, 3.63) is 28.5 Å². The molecule has 0 fully saturated rings. The second kappa shape index (κ2) is 4.78. The van der Waals surface area contributed by atoms with Gasteiger partial charge in [0, 0.05) is 0 Å². The Morgan fingerprint density at radius 2 is 2.11 bits per heavy atom. The van der Waals surface area contributed by atoms with Gasteiger partial charge in [0.2, 0.25) is 5.13 Å². The molecule has 96 valence electrons. The van der Waals surface area contributed by atoms with Crippen LogP contribution < -0.4 is 10.5 Å². The van der Waals surface area contributed by atoms with E-state index in [1.54, 1.807) is 0 Å². The van der Waals surface area contributed by atoms with Crippen molar-refractivity contribution >= 4 is 48.1 Å². The molecule has 18 heavy (non-hydrogen) atoms. The number of sulfonamides is 1. The molecule has 0 spiro atoms. The molecule has 10 heteroatoms. The van der Waals surface area contributed by atoms with Crippen LogP contribution in [0.4, 0.5) is 15.2 Å². The molecule has 6 nitrogen and oxygen atoms in total. The predicted octanol–water partition coefficient (Wildman–Crippen LogP) is 1.82. The molecule has 0 saturated heterocycles. The van der Waals surface area contributed by atoms with Gasteiger partial charge in [0.15, 0.2) is 0 Å². The van der Waals surface area contributed by atoms with Crippen molar-refractivity contribution < 1.29 is 12.8 Å². The number of anilines is 2. The maximum absolute atomic E-state index is 13.0. The Morgan fingerprint density at radius 1 is 1.39 bits per heavy atom. The number of nitrogens with two attached hydrogens (primary N) is 1. The lowest BCUT2D eigenvalue weighted by molar-refractivity contribution is 0.599. The van der Waals surface area contributed by atoms with E-state index in [0.717, 1.165) is 17.4 Å². The Hall–Kier alpha value is -1.26. The summed E-state index contributed by atoms with van der Waals surface area (Å²) < 4.78 is 38.8. The van der Waals surface area contributed by atoms with Gasteiger partial charge in [-0.2, -0.15) is 8.42 Å². The van der Waals surface area contributed by atoms with Gasteiger partial charge in [0.1, 0.15) is 5.82 Å². The summed E-state index contributed by atoms with van der Waals surface area (Å²) in [5, 5.41) is 6.90. The number of hydrogen-bond acceptors (Lipinski definition) is 6.